The molecule has 1 fully saturated rings. The van der Waals surface area contributed by atoms with Crippen LogP contribution in [-0.2, 0) is 4.79 Å². The summed E-state index contributed by atoms with van der Waals surface area (Å²) in [5.74, 6) is 0.608. The first kappa shape index (κ1) is 19.1. The monoisotopic (exact) mass is 393 g/mol. The molecule has 0 radical (unpaired) electrons. The number of rotatable bonds is 5. The molecule has 1 aliphatic rings. The van der Waals surface area contributed by atoms with Crippen molar-refractivity contribution in [2.24, 2.45) is 0 Å². The van der Waals surface area contributed by atoms with Gasteiger partial charge >= 0.3 is 0 Å². The van der Waals surface area contributed by atoms with Gasteiger partial charge in [-0.15, -0.1) is 11.3 Å². The van der Waals surface area contributed by atoms with Crippen molar-refractivity contribution in [3.63, 3.8) is 0 Å². The molecule has 1 saturated heterocycles. The number of aromatic nitrogens is 1. The van der Waals surface area contributed by atoms with Gasteiger partial charge < -0.3 is 4.90 Å². The molecule has 0 bridgehead atoms. The molecule has 146 valence electrons. The Kier molecular flexibility index (Phi) is 5.74. The number of likely N-dealkylation sites (N-methyl/N-ethyl adjacent to an activating group) is 1. The van der Waals surface area contributed by atoms with Crippen LogP contribution in [0.2, 0.25) is 0 Å². The predicted molar refractivity (Wildman–Crippen MR) is 116 cm³/mol. The Morgan fingerprint density at radius 3 is 2.75 bits per heavy atom. The molecule has 0 spiro atoms. The van der Waals surface area contributed by atoms with Gasteiger partial charge in [-0.1, -0.05) is 42.5 Å². The molecule has 0 saturated carbocycles. The molecule has 0 N–H and O–H groups in total. The number of benzene rings is 2. The second-order valence-electron chi connectivity index (χ2n) is 7.69. The van der Waals surface area contributed by atoms with Crippen molar-refractivity contribution >= 4 is 27.5 Å². The Hall–Kier alpha value is -2.24. The molecule has 1 amide bonds. The average Bonchev–Trinajstić information content (AvgIpc) is 3.18. The summed E-state index contributed by atoms with van der Waals surface area (Å²) in [7, 11) is 1.91. The van der Waals surface area contributed by atoms with Crippen molar-refractivity contribution in [1.82, 2.24) is 14.8 Å². The second kappa shape index (κ2) is 8.41. The van der Waals surface area contributed by atoms with Crippen LogP contribution in [0, 0.1) is 0 Å². The highest BCUT2D eigenvalue weighted by Gasteiger charge is 2.27. The maximum Gasteiger partial charge on any atom is 0.236 e. The third kappa shape index (κ3) is 4.10. The van der Waals surface area contributed by atoms with Crippen molar-refractivity contribution in [3.05, 3.63) is 65.2 Å². The lowest BCUT2D eigenvalue weighted by atomic mass is 9.98. The average molecular weight is 394 g/mol. The number of piperidine rings is 1. The Morgan fingerprint density at radius 1 is 1.21 bits per heavy atom. The van der Waals surface area contributed by atoms with Gasteiger partial charge in [0.25, 0.3) is 0 Å². The van der Waals surface area contributed by atoms with Crippen molar-refractivity contribution in [3.8, 4) is 0 Å². The highest BCUT2D eigenvalue weighted by molar-refractivity contribution is 7.18. The zero-order valence-electron chi connectivity index (χ0n) is 16.5. The SMILES string of the molecule is C[C@@H](c1ccccc1)N(C)C(=O)CN1CCC[C@H](c2nc3ccccc3s2)C1. The Balaban J connectivity index is 1.39. The number of thiazole rings is 1. The van der Waals surface area contributed by atoms with E-state index in [0.29, 0.717) is 12.5 Å². The minimum atomic E-state index is 0.0820. The van der Waals surface area contributed by atoms with Crippen LogP contribution in [-0.4, -0.2) is 47.4 Å². The van der Waals surface area contributed by atoms with Gasteiger partial charge in [-0.25, -0.2) is 4.98 Å². The molecule has 1 aliphatic heterocycles. The number of fused-ring (bicyclic) bond motifs is 1. The van der Waals surface area contributed by atoms with E-state index in [0.717, 1.165) is 31.4 Å². The van der Waals surface area contributed by atoms with Crippen molar-refractivity contribution in [2.45, 2.75) is 31.7 Å². The fraction of sp³-hybridized carbons (Fsp3) is 0.391. The summed E-state index contributed by atoms with van der Waals surface area (Å²) in [5.41, 5.74) is 2.26. The van der Waals surface area contributed by atoms with Gasteiger partial charge in [0.15, 0.2) is 0 Å². The molecule has 4 nitrogen and oxygen atoms in total. The van der Waals surface area contributed by atoms with Crippen LogP contribution in [0.15, 0.2) is 54.6 Å². The molecular formula is C23H27N3OS. The van der Waals surface area contributed by atoms with Crippen LogP contribution in [0.4, 0.5) is 0 Å². The topological polar surface area (TPSA) is 36.4 Å². The number of nitrogens with zero attached hydrogens (tertiary/aromatic N) is 3. The minimum absolute atomic E-state index is 0.0820. The molecule has 1 aromatic heterocycles. The van der Waals surface area contributed by atoms with Crippen molar-refractivity contribution in [1.29, 1.82) is 0 Å². The van der Waals surface area contributed by atoms with Crippen LogP contribution >= 0.6 is 11.3 Å². The van der Waals surface area contributed by atoms with Gasteiger partial charge in [0.1, 0.15) is 0 Å². The van der Waals surface area contributed by atoms with E-state index in [1.54, 1.807) is 11.3 Å². The van der Waals surface area contributed by atoms with Crippen LogP contribution in [0.5, 0.6) is 0 Å². The van der Waals surface area contributed by atoms with Crippen molar-refractivity contribution in [2.75, 3.05) is 26.7 Å². The van der Waals surface area contributed by atoms with E-state index in [2.05, 4.69) is 42.2 Å². The molecule has 0 aliphatic carbocycles. The van der Waals surface area contributed by atoms with Crippen LogP contribution in [0.3, 0.4) is 0 Å². The summed E-state index contributed by atoms with van der Waals surface area (Å²) in [5, 5.41) is 1.21. The Bertz CT molecular complexity index is 906. The lowest BCUT2D eigenvalue weighted by molar-refractivity contribution is -0.133. The summed E-state index contributed by atoms with van der Waals surface area (Å²) in [6, 6.07) is 18.6. The van der Waals surface area contributed by atoms with E-state index in [9.17, 15) is 4.79 Å². The fourth-order valence-corrected chi connectivity index (χ4v) is 5.03. The fourth-order valence-electron chi connectivity index (χ4n) is 3.94. The van der Waals surface area contributed by atoms with E-state index in [1.165, 1.54) is 15.3 Å². The first-order chi connectivity index (χ1) is 13.6. The Morgan fingerprint density at radius 2 is 1.96 bits per heavy atom. The normalized spacial score (nSPS) is 18.9. The molecule has 2 aromatic carbocycles. The summed E-state index contributed by atoms with van der Waals surface area (Å²) in [6.07, 6.45) is 2.27. The molecule has 3 aromatic rings. The maximum atomic E-state index is 12.9. The largest absolute Gasteiger partial charge is 0.338 e. The van der Waals surface area contributed by atoms with Gasteiger partial charge in [-0.2, -0.15) is 0 Å². The second-order valence-corrected chi connectivity index (χ2v) is 8.75. The maximum absolute atomic E-state index is 12.9. The standard InChI is InChI=1S/C23H27N3OS/c1-17(18-9-4-3-5-10-18)25(2)22(27)16-26-14-8-11-19(15-26)23-24-20-12-6-7-13-21(20)28-23/h3-7,9-10,12-13,17,19H,8,11,14-16H2,1-2H3/t17-,19-/m0/s1. The summed E-state index contributed by atoms with van der Waals surface area (Å²) in [6.45, 7) is 4.47. The lowest BCUT2D eigenvalue weighted by Gasteiger charge is -2.33. The zero-order chi connectivity index (χ0) is 19.5. The number of carbonyl (C=O) groups excluding carboxylic acids is 1. The van der Waals surface area contributed by atoms with Crippen LogP contribution in [0.25, 0.3) is 10.2 Å². The predicted octanol–water partition coefficient (Wildman–Crippen LogP) is 4.70. The summed E-state index contributed by atoms with van der Waals surface area (Å²) in [4.78, 5) is 21.9. The smallest absolute Gasteiger partial charge is 0.236 e. The Labute approximate surface area is 170 Å². The van der Waals surface area contributed by atoms with Crippen LogP contribution < -0.4 is 0 Å². The van der Waals surface area contributed by atoms with Gasteiger partial charge in [0.05, 0.1) is 27.8 Å². The number of carbonyl (C=O) groups is 1. The third-order valence-corrected chi connectivity index (χ3v) is 6.98. The molecule has 2 atom stereocenters. The molecule has 5 heteroatoms. The number of hydrogen-bond donors (Lipinski definition) is 0. The highest BCUT2D eigenvalue weighted by atomic mass is 32.1. The molecule has 4 rings (SSSR count). The van der Waals surface area contributed by atoms with E-state index in [1.807, 2.05) is 36.2 Å². The highest BCUT2D eigenvalue weighted by Crippen LogP contribution is 2.33. The molecule has 2 heterocycles. The number of likely N-dealkylation sites (tertiary alicyclic amines) is 1. The van der Waals surface area contributed by atoms with Crippen LogP contribution in [0.1, 0.15) is 42.3 Å². The van der Waals surface area contributed by atoms with E-state index in [4.69, 9.17) is 4.98 Å². The van der Waals surface area contributed by atoms with E-state index >= 15 is 0 Å². The first-order valence-electron chi connectivity index (χ1n) is 10.0. The number of para-hydroxylation sites is 1. The van der Waals surface area contributed by atoms with Gasteiger partial charge in [-0.05, 0) is 44.0 Å². The van der Waals surface area contributed by atoms with Gasteiger partial charge in [-0.3, -0.25) is 9.69 Å². The lowest BCUT2D eigenvalue weighted by Crippen LogP contribution is -2.43. The summed E-state index contributed by atoms with van der Waals surface area (Å²) < 4.78 is 1.25. The quantitative estimate of drug-likeness (QED) is 0.631. The number of hydrogen-bond acceptors (Lipinski definition) is 4. The molecular weight excluding hydrogens is 366 g/mol. The first-order valence-corrected chi connectivity index (χ1v) is 10.8. The van der Waals surface area contributed by atoms with Gasteiger partial charge in [0.2, 0.25) is 5.91 Å². The zero-order valence-corrected chi connectivity index (χ0v) is 17.4. The van der Waals surface area contributed by atoms with E-state index in [-0.39, 0.29) is 11.9 Å². The molecule has 28 heavy (non-hydrogen) atoms. The third-order valence-electron chi connectivity index (χ3n) is 5.78. The summed E-state index contributed by atoms with van der Waals surface area (Å²) >= 11 is 1.80. The van der Waals surface area contributed by atoms with Crippen molar-refractivity contribution < 1.29 is 4.79 Å². The molecule has 0 unspecified atom stereocenters. The van der Waals surface area contributed by atoms with E-state index < -0.39 is 0 Å². The van der Waals surface area contributed by atoms with Gasteiger partial charge in [0, 0.05) is 19.5 Å². The minimum Gasteiger partial charge on any atom is -0.338 e. The number of amides is 1.